The zero-order chi connectivity index (χ0) is 15.1. The monoisotopic (exact) mass is 292 g/mol. The summed E-state index contributed by atoms with van der Waals surface area (Å²) in [6.07, 6.45) is 1.79. The van der Waals surface area contributed by atoms with Gasteiger partial charge in [0.2, 0.25) is 0 Å². The number of carbonyl (C=O) groups excluding carboxylic acids is 1. The van der Waals surface area contributed by atoms with Crippen LogP contribution in [0.5, 0.6) is 0 Å². The number of amides is 2. The molecule has 1 aromatic rings. The predicted octanol–water partition coefficient (Wildman–Crippen LogP) is 1.86. The van der Waals surface area contributed by atoms with Crippen LogP contribution in [0.15, 0.2) is 24.3 Å². The van der Waals surface area contributed by atoms with E-state index < -0.39 is 5.97 Å². The van der Waals surface area contributed by atoms with Gasteiger partial charge in [-0.25, -0.2) is 4.79 Å². The summed E-state index contributed by atoms with van der Waals surface area (Å²) in [7, 11) is 0. The number of hydrogen-bond donors (Lipinski definition) is 3. The number of ether oxygens (including phenoxy) is 1. The smallest absolute Gasteiger partial charge is 0.319 e. The van der Waals surface area contributed by atoms with Crippen molar-refractivity contribution in [3.63, 3.8) is 0 Å². The average Bonchev–Trinajstić information content (AvgIpc) is 2.48. The van der Waals surface area contributed by atoms with E-state index in [2.05, 4.69) is 10.6 Å². The lowest BCUT2D eigenvalue weighted by atomic mass is 10.0. The van der Waals surface area contributed by atoms with Gasteiger partial charge in [0.05, 0.1) is 6.42 Å². The van der Waals surface area contributed by atoms with Gasteiger partial charge in [0.15, 0.2) is 0 Å². The first kappa shape index (κ1) is 15.3. The van der Waals surface area contributed by atoms with Crippen molar-refractivity contribution >= 4 is 17.7 Å². The quantitative estimate of drug-likeness (QED) is 0.773. The fraction of sp³-hybridized carbons (Fsp3) is 0.467. The number of para-hydroxylation sites is 1. The van der Waals surface area contributed by atoms with Crippen molar-refractivity contribution in [2.24, 2.45) is 5.92 Å². The van der Waals surface area contributed by atoms with Crippen LogP contribution in [0, 0.1) is 5.92 Å². The van der Waals surface area contributed by atoms with Crippen LogP contribution in [-0.2, 0) is 16.0 Å². The average molecular weight is 292 g/mol. The molecular formula is C15H20N2O4. The molecule has 1 aromatic carbocycles. The number of anilines is 1. The highest BCUT2D eigenvalue weighted by Crippen LogP contribution is 2.16. The number of hydrogen-bond acceptors (Lipinski definition) is 3. The number of carboxylic acid groups (broad SMARTS) is 1. The number of carboxylic acids is 1. The van der Waals surface area contributed by atoms with Crippen LogP contribution in [0.2, 0.25) is 0 Å². The number of urea groups is 1. The Labute approximate surface area is 123 Å². The molecule has 0 radical (unpaired) electrons. The second kappa shape index (κ2) is 7.64. The first-order valence-electron chi connectivity index (χ1n) is 7.07. The molecule has 1 fully saturated rings. The van der Waals surface area contributed by atoms with Gasteiger partial charge in [-0.15, -0.1) is 0 Å². The summed E-state index contributed by atoms with van der Waals surface area (Å²) >= 11 is 0. The number of aliphatic carboxylic acids is 1. The van der Waals surface area contributed by atoms with E-state index in [4.69, 9.17) is 9.84 Å². The van der Waals surface area contributed by atoms with Crippen molar-refractivity contribution in [2.45, 2.75) is 19.3 Å². The van der Waals surface area contributed by atoms with E-state index in [0.29, 0.717) is 23.7 Å². The maximum atomic E-state index is 11.9. The molecule has 2 amide bonds. The minimum atomic E-state index is -0.924. The van der Waals surface area contributed by atoms with Gasteiger partial charge in [-0.1, -0.05) is 18.2 Å². The highest BCUT2D eigenvalue weighted by atomic mass is 16.5. The maximum absolute atomic E-state index is 11.9. The molecule has 6 nitrogen and oxygen atoms in total. The Morgan fingerprint density at radius 3 is 2.67 bits per heavy atom. The van der Waals surface area contributed by atoms with Gasteiger partial charge in [-0.2, -0.15) is 0 Å². The second-order valence-electron chi connectivity index (χ2n) is 5.12. The lowest BCUT2D eigenvalue weighted by Gasteiger charge is -2.22. The Kier molecular flexibility index (Phi) is 5.57. The summed E-state index contributed by atoms with van der Waals surface area (Å²) in [5.41, 5.74) is 1.12. The minimum absolute atomic E-state index is 0.115. The molecule has 1 aliphatic rings. The molecule has 6 heteroatoms. The third kappa shape index (κ3) is 5.07. The maximum Gasteiger partial charge on any atom is 0.319 e. The van der Waals surface area contributed by atoms with E-state index in [9.17, 15) is 9.59 Å². The fourth-order valence-corrected chi connectivity index (χ4v) is 2.31. The predicted molar refractivity (Wildman–Crippen MR) is 78.3 cm³/mol. The molecule has 0 bridgehead atoms. The highest BCUT2D eigenvalue weighted by Gasteiger charge is 2.15. The van der Waals surface area contributed by atoms with Crippen LogP contribution in [0.3, 0.4) is 0 Å². The van der Waals surface area contributed by atoms with E-state index in [0.717, 1.165) is 26.1 Å². The van der Waals surface area contributed by atoms with Gasteiger partial charge in [0.1, 0.15) is 0 Å². The number of carbonyl (C=O) groups is 2. The molecule has 0 saturated carbocycles. The van der Waals surface area contributed by atoms with Crippen molar-refractivity contribution in [1.82, 2.24) is 5.32 Å². The molecule has 0 atom stereocenters. The van der Waals surface area contributed by atoms with Crippen LogP contribution in [0.25, 0.3) is 0 Å². The van der Waals surface area contributed by atoms with Gasteiger partial charge < -0.3 is 20.5 Å². The van der Waals surface area contributed by atoms with Crippen LogP contribution < -0.4 is 10.6 Å². The van der Waals surface area contributed by atoms with Crippen LogP contribution in [-0.4, -0.2) is 36.9 Å². The van der Waals surface area contributed by atoms with Crippen LogP contribution in [0.1, 0.15) is 18.4 Å². The Morgan fingerprint density at radius 1 is 1.24 bits per heavy atom. The van der Waals surface area contributed by atoms with Crippen LogP contribution in [0.4, 0.5) is 10.5 Å². The zero-order valence-electron chi connectivity index (χ0n) is 11.8. The van der Waals surface area contributed by atoms with Crippen molar-refractivity contribution in [1.29, 1.82) is 0 Å². The molecule has 1 aliphatic heterocycles. The molecule has 114 valence electrons. The summed E-state index contributed by atoms with van der Waals surface area (Å²) in [4.78, 5) is 22.7. The first-order valence-corrected chi connectivity index (χ1v) is 7.07. The van der Waals surface area contributed by atoms with E-state index >= 15 is 0 Å². The SMILES string of the molecule is O=C(O)Cc1ccccc1NC(=O)NCC1CCOCC1. The molecule has 0 unspecified atom stereocenters. The standard InChI is InChI=1S/C15H20N2O4/c18-14(19)9-12-3-1-2-4-13(12)17-15(20)16-10-11-5-7-21-8-6-11/h1-4,11H,5-10H2,(H,18,19)(H2,16,17,20). The van der Waals surface area contributed by atoms with Crippen molar-refractivity contribution in [2.75, 3.05) is 25.1 Å². The third-order valence-electron chi connectivity index (χ3n) is 3.50. The van der Waals surface area contributed by atoms with Gasteiger partial charge >= 0.3 is 12.0 Å². The Hall–Kier alpha value is -2.08. The van der Waals surface area contributed by atoms with Gasteiger partial charge in [-0.05, 0) is 30.4 Å². The molecule has 0 aromatic heterocycles. The number of benzene rings is 1. The summed E-state index contributed by atoms with van der Waals surface area (Å²) in [5, 5.41) is 14.4. The Morgan fingerprint density at radius 2 is 1.95 bits per heavy atom. The normalized spacial score (nSPS) is 15.4. The van der Waals surface area contributed by atoms with E-state index in [1.165, 1.54) is 0 Å². The largest absolute Gasteiger partial charge is 0.481 e. The van der Waals surface area contributed by atoms with Crippen molar-refractivity contribution in [3.05, 3.63) is 29.8 Å². The zero-order valence-corrected chi connectivity index (χ0v) is 11.8. The Balaban J connectivity index is 1.85. The van der Waals surface area contributed by atoms with Crippen molar-refractivity contribution < 1.29 is 19.4 Å². The lowest BCUT2D eigenvalue weighted by molar-refractivity contribution is -0.136. The second-order valence-corrected chi connectivity index (χ2v) is 5.12. The van der Waals surface area contributed by atoms with Gasteiger partial charge in [0.25, 0.3) is 0 Å². The number of nitrogens with one attached hydrogen (secondary N) is 2. The summed E-state index contributed by atoms with van der Waals surface area (Å²) in [6.45, 7) is 2.10. The molecule has 21 heavy (non-hydrogen) atoms. The Bertz CT molecular complexity index is 498. The van der Waals surface area contributed by atoms with Crippen LogP contribution >= 0.6 is 0 Å². The topological polar surface area (TPSA) is 87.7 Å². The first-order chi connectivity index (χ1) is 10.1. The summed E-state index contributed by atoms with van der Waals surface area (Å²) in [6, 6.07) is 6.61. The number of rotatable bonds is 5. The molecular weight excluding hydrogens is 272 g/mol. The molecule has 0 spiro atoms. The van der Waals surface area contributed by atoms with E-state index in [-0.39, 0.29) is 12.5 Å². The highest BCUT2D eigenvalue weighted by molar-refractivity contribution is 5.90. The molecule has 1 heterocycles. The van der Waals surface area contributed by atoms with E-state index in [1.54, 1.807) is 24.3 Å². The van der Waals surface area contributed by atoms with Gasteiger partial charge in [-0.3, -0.25) is 4.79 Å². The van der Waals surface area contributed by atoms with Crippen molar-refractivity contribution in [3.8, 4) is 0 Å². The molecule has 3 N–H and O–H groups in total. The summed E-state index contributed by atoms with van der Waals surface area (Å²) in [5.74, 6) is -0.481. The van der Waals surface area contributed by atoms with Gasteiger partial charge in [0, 0.05) is 25.4 Å². The lowest BCUT2D eigenvalue weighted by Crippen LogP contribution is -2.35. The molecule has 2 rings (SSSR count). The fourth-order valence-electron chi connectivity index (χ4n) is 2.31. The minimum Gasteiger partial charge on any atom is -0.481 e. The summed E-state index contributed by atoms with van der Waals surface area (Å²) < 4.78 is 5.27. The third-order valence-corrected chi connectivity index (χ3v) is 3.50. The molecule has 1 saturated heterocycles. The van der Waals surface area contributed by atoms with E-state index in [1.807, 2.05) is 0 Å². The molecule has 0 aliphatic carbocycles.